The predicted molar refractivity (Wildman–Crippen MR) is 77.5 cm³/mol. The van der Waals surface area contributed by atoms with Crippen molar-refractivity contribution in [2.45, 2.75) is 26.2 Å². The molecule has 0 aromatic heterocycles. The van der Waals surface area contributed by atoms with E-state index >= 15 is 0 Å². The van der Waals surface area contributed by atoms with Crippen LogP contribution in [0.15, 0.2) is 13.2 Å². The Morgan fingerprint density at radius 1 is 1.33 bits per heavy atom. The molecule has 0 aromatic rings. The molecular weight excluding hydrogens is 250 g/mol. The summed E-state index contributed by atoms with van der Waals surface area (Å²) in [6, 6.07) is 0. The number of carbonyl (C=O) groups excluding carboxylic acids is 2. The largest absolute Gasteiger partial charge is 0.396 e. The molecule has 0 saturated carbocycles. The smallest absolute Gasteiger partial charge is 0.232 e. The second-order valence-corrected chi connectivity index (χ2v) is 4.64. The molecule has 1 aliphatic heterocycles. The van der Waals surface area contributed by atoms with E-state index in [-0.39, 0.29) is 24.3 Å². The van der Waals surface area contributed by atoms with Gasteiger partial charge in [0.2, 0.25) is 11.8 Å². The summed E-state index contributed by atoms with van der Waals surface area (Å²) in [7, 11) is 0. The zero-order valence-corrected chi connectivity index (χ0v) is 12.5. The van der Waals surface area contributed by atoms with Crippen molar-refractivity contribution in [2.24, 2.45) is 5.92 Å². The highest BCUT2D eigenvalue weighted by Gasteiger charge is 2.34. The number of unbranched alkanes of at least 4 members (excludes halogenated alkanes) is 1. The Kier molecular flexibility index (Phi) is 13.7. The molecule has 0 radical (unpaired) electrons. The Balaban J connectivity index is 0. The predicted octanol–water partition coefficient (Wildman–Crippen LogP) is 1.94. The Hall–Kier alpha value is -0.810. The van der Waals surface area contributed by atoms with Crippen LogP contribution in [0.5, 0.6) is 0 Å². The van der Waals surface area contributed by atoms with Crippen molar-refractivity contribution in [3.05, 3.63) is 13.2 Å². The standard InChI is InChI=1S/C9H15NO3.C2H6S.C2H4/c1-7-6-8(12)10(9(7)13)4-2-3-5-11;1-3-2;1-2/h7,11H,2-6H2,1H3;1-2H3;1-2H2. The van der Waals surface area contributed by atoms with Gasteiger partial charge in [0.05, 0.1) is 0 Å². The molecule has 18 heavy (non-hydrogen) atoms. The lowest BCUT2D eigenvalue weighted by Gasteiger charge is -2.13. The fraction of sp³-hybridized carbons (Fsp3) is 0.692. The number of aliphatic hydroxyl groups excluding tert-OH is 1. The van der Waals surface area contributed by atoms with Crippen LogP contribution in [0.1, 0.15) is 26.2 Å². The van der Waals surface area contributed by atoms with E-state index in [1.165, 1.54) is 4.90 Å². The zero-order chi connectivity index (χ0) is 14.6. The van der Waals surface area contributed by atoms with Crippen LogP contribution in [0.2, 0.25) is 0 Å². The van der Waals surface area contributed by atoms with Gasteiger partial charge < -0.3 is 5.11 Å². The zero-order valence-electron chi connectivity index (χ0n) is 11.6. The first-order valence-corrected chi connectivity index (χ1v) is 7.57. The molecule has 1 rings (SSSR count). The molecule has 1 N–H and O–H groups in total. The topological polar surface area (TPSA) is 57.6 Å². The average Bonchev–Trinajstić information content (AvgIpc) is 2.59. The van der Waals surface area contributed by atoms with Crippen LogP contribution in [0.4, 0.5) is 0 Å². The number of rotatable bonds is 4. The second-order valence-electron chi connectivity index (χ2n) is 3.83. The SMILES string of the molecule is C=C.CC1CC(=O)N(CCCCO)C1=O.CSC. The van der Waals surface area contributed by atoms with Crippen LogP contribution in [0, 0.1) is 5.92 Å². The van der Waals surface area contributed by atoms with Crippen molar-refractivity contribution < 1.29 is 14.7 Å². The first-order valence-electron chi connectivity index (χ1n) is 5.93. The Labute approximate surface area is 114 Å². The van der Waals surface area contributed by atoms with Crippen LogP contribution >= 0.6 is 11.8 Å². The number of likely N-dealkylation sites (tertiary alicyclic amines) is 1. The van der Waals surface area contributed by atoms with E-state index in [1.807, 2.05) is 12.5 Å². The van der Waals surface area contributed by atoms with E-state index in [4.69, 9.17) is 5.11 Å². The van der Waals surface area contributed by atoms with Gasteiger partial charge in [0.15, 0.2) is 0 Å². The molecule has 4 nitrogen and oxygen atoms in total. The van der Waals surface area contributed by atoms with Crippen LogP contribution in [-0.4, -0.2) is 47.5 Å². The van der Waals surface area contributed by atoms with E-state index in [0.29, 0.717) is 25.8 Å². The molecule has 0 bridgehead atoms. The molecule has 1 atom stereocenters. The van der Waals surface area contributed by atoms with Gasteiger partial charge in [-0.3, -0.25) is 14.5 Å². The van der Waals surface area contributed by atoms with Gasteiger partial charge in [0.1, 0.15) is 0 Å². The lowest BCUT2D eigenvalue weighted by molar-refractivity contribution is -0.139. The molecule has 1 fully saturated rings. The fourth-order valence-electron chi connectivity index (χ4n) is 1.46. The Bertz CT molecular complexity index is 246. The normalized spacial score (nSPS) is 17.8. The number of nitrogens with zero attached hydrogens (tertiary/aromatic N) is 1. The third-order valence-corrected chi connectivity index (χ3v) is 2.26. The number of hydrogen-bond donors (Lipinski definition) is 1. The molecule has 1 heterocycles. The third kappa shape index (κ3) is 7.50. The highest BCUT2D eigenvalue weighted by Crippen LogP contribution is 2.18. The summed E-state index contributed by atoms with van der Waals surface area (Å²) in [5.74, 6) is -0.292. The van der Waals surface area contributed by atoms with Crippen molar-refractivity contribution in [1.82, 2.24) is 4.90 Å². The van der Waals surface area contributed by atoms with Crippen molar-refractivity contribution in [1.29, 1.82) is 0 Å². The van der Waals surface area contributed by atoms with Gasteiger partial charge in [-0.1, -0.05) is 6.92 Å². The van der Waals surface area contributed by atoms with Crippen LogP contribution in [-0.2, 0) is 9.59 Å². The maximum atomic E-state index is 11.4. The number of aliphatic hydroxyl groups is 1. The first kappa shape index (κ1) is 19.5. The summed E-state index contributed by atoms with van der Waals surface area (Å²) in [5, 5.41) is 8.54. The molecule has 5 heteroatoms. The minimum Gasteiger partial charge on any atom is -0.396 e. The van der Waals surface area contributed by atoms with Gasteiger partial charge in [-0.2, -0.15) is 11.8 Å². The Morgan fingerprint density at radius 3 is 2.17 bits per heavy atom. The molecule has 1 unspecified atom stereocenters. The minimum atomic E-state index is -0.151. The second kappa shape index (κ2) is 12.6. The van der Waals surface area contributed by atoms with Gasteiger partial charge >= 0.3 is 0 Å². The summed E-state index contributed by atoms with van der Waals surface area (Å²) < 4.78 is 0. The van der Waals surface area contributed by atoms with Gasteiger partial charge in [0, 0.05) is 25.5 Å². The van der Waals surface area contributed by atoms with Gasteiger partial charge in [-0.25, -0.2) is 0 Å². The maximum absolute atomic E-state index is 11.4. The van der Waals surface area contributed by atoms with Crippen LogP contribution in [0.3, 0.4) is 0 Å². The number of carbonyl (C=O) groups is 2. The number of imide groups is 1. The fourth-order valence-corrected chi connectivity index (χ4v) is 1.46. The van der Waals surface area contributed by atoms with Gasteiger partial charge in [-0.05, 0) is 25.4 Å². The van der Waals surface area contributed by atoms with Crippen molar-refractivity contribution >= 4 is 23.6 Å². The third-order valence-electron chi connectivity index (χ3n) is 2.26. The molecule has 0 spiro atoms. The average molecular weight is 275 g/mol. The van der Waals surface area contributed by atoms with Crippen LogP contribution < -0.4 is 0 Å². The molecule has 0 aliphatic carbocycles. The van der Waals surface area contributed by atoms with Crippen molar-refractivity contribution in [3.8, 4) is 0 Å². The summed E-state index contributed by atoms with van der Waals surface area (Å²) >= 11 is 1.75. The van der Waals surface area contributed by atoms with Crippen molar-refractivity contribution in [3.63, 3.8) is 0 Å². The van der Waals surface area contributed by atoms with E-state index in [2.05, 4.69) is 13.2 Å². The Morgan fingerprint density at radius 2 is 1.83 bits per heavy atom. The van der Waals surface area contributed by atoms with E-state index in [1.54, 1.807) is 18.7 Å². The summed E-state index contributed by atoms with van der Waals surface area (Å²) in [5.41, 5.74) is 0. The maximum Gasteiger partial charge on any atom is 0.232 e. The molecule has 106 valence electrons. The molecular formula is C13H25NO3S. The first-order chi connectivity index (χ1) is 8.58. The summed E-state index contributed by atoms with van der Waals surface area (Å²) in [6.45, 7) is 8.35. The van der Waals surface area contributed by atoms with E-state index < -0.39 is 0 Å². The highest BCUT2D eigenvalue weighted by atomic mass is 32.2. The number of amides is 2. The lowest BCUT2D eigenvalue weighted by atomic mass is 10.1. The number of thioether (sulfide) groups is 1. The number of hydrogen-bond acceptors (Lipinski definition) is 4. The van der Waals surface area contributed by atoms with Crippen molar-refractivity contribution in [2.75, 3.05) is 25.7 Å². The molecule has 0 aromatic carbocycles. The van der Waals surface area contributed by atoms with Gasteiger partial charge in [-0.15, -0.1) is 13.2 Å². The van der Waals surface area contributed by atoms with E-state index in [0.717, 1.165) is 0 Å². The lowest BCUT2D eigenvalue weighted by Crippen LogP contribution is -2.31. The molecule has 1 saturated heterocycles. The monoisotopic (exact) mass is 275 g/mol. The quantitative estimate of drug-likeness (QED) is 0.484. The molecule has 2 amide bonds. The minimum absolute atomic E-state index is 0.0667. The highest BCUT2D eigenvalue weighted by molar-refractivity contribution is 7.97. The molecule has 1 aliphatic rings. The summed E-state index contributed by atoms with van der Waals surface area (Å²) in [4.78, 5) is 23.9. The summed E-state index contributed by atoms with van der Waals surface area (Å²) in [6.07, 6.45) is 5.77. The van der Waals surface area contributed by atoms with E-state index in [9.17, 15) is 9.59 Å². The van der Waals surface area contributed by atoms with Gasteiger partial charge in [0.25, 0.3) is 0 Å². The van der Waals surface area contributed by atoms with Crippen LogP contribution in [0.25, 0.3) is 0 Å².